The van der Waals surface area contributed by atoms with Crippen LogP contribution < -0.4 is 5.32 Å². The van der Waals surface area contributed by atoms with Crippen LogP contribution in [0, 0.1) is 0 Å². The fraction of sp³-hybridized carbons (Fsp3) is 0.278. The van der Waals surface area contributed by atoms with Crippen LogP contribution in [0.5, 0.6) is 0 Å². The average molecular weight is 368 g/mol. The number of benzene rings is 2. The molecule has 1 N–H and O–H groups in total. The molecule has 0 fully saturated rings. The first kappa shape index (κ1) is 18.2. The lowest BCUT2D eigenvalue weighted by molar-refractivity contribution is -0.119. The quantitative estimate of drug-likeness (QED) is 0.700. The van der Waals surface area contributed by atoms with Gasteiger partial charge in [-0.15, -0.1) is 11.8 Å². The predicted molar refractivity (Wildman–Crippen MR) is 100 cm³/mol. The Balaban J connectivity index is 1.85. The van der Waals surface area contributed by atoms with E-state index >= 15 is 0 Å². The van der Waals surface area contributed by atoms with Crippen LogP contribution in [0.25, 0.3) is 0 Å². The summed E-state index contributed by atoms with van der Waals surface area (Å²) in [6.07, 6.45) is 0.858. The Morgan fingerprint density at radius 3 is 2.35 bits per heavy atom. The highest BCUT2D eigenvalue weighted by molar-refractivity contribution is 7.99. The monoisotopic (exact) mass is 367 g/mol. The molecular formula is C18H19Cl2NOS. The van der Waals surface area contributed by atoms with E-state index in [4.69, 9.17) is 23.2 Å². The number of hydrogen-bond acceptors (Lipinski definition) is 2. The molecule has 1 atom stereocenters. The molecule has 0 saturated carbocycles. The minimum atomic E-state index is 0.0221. The zero-order chi connectivity index (χ0) is 16.7. The second-order valence-corrected chi connectivity index (χ2v) is 6.93. The minimum Gasteiger partial charge on any atom is -0.349 e. The van der Waals surface area contributed by atoms with Crippen LogP contribution in [-0.4, -0.2) is 11.7 Å². The normalized spacial score (nSPS) is 12.0. The van der Waals surface area contributed by atoms with Crippen molar-refractivity contribution in [2.24, 2.45) is 0 Å². The van der Waals surface area contributed by atoms with Crippen molar-refractivity contribution in [2.45, 2.75) is 25.1 Å². The maximum Gasteiger partial charge on any atom is 0.230 e. The molecule has 0 aliphatic heterocycles. The molecule has 0 aliphatic carbocycles. The molecule has 1 amide bonds. The number of carbonyl (C=O) groups is 1. The number of rotatable bonds is 7. The van der Waals surface area contributed by atoms with E-state index in [1.165, 1.54) is 11.8 Å². The standard InChI is InChI=1S/C18H19Cl2NOS/c1-2-17(13-7-4-3-5-8-13)21-18(22)12-23-11-14-15(19)9-6-10-16(14)20/h3-10,17H,2,11-12H2,1H3,(H,21,22)/t17-/m1/s1. The minimum absolute atomic E-state index is 0.0221. The molecule has 2 rings (SSSR count). The lowest BCUT2D eigenvalue weighted by Crippen LogP contribution is -2.29. The van der Waals surface area contributed by atoms with Gasteiger partial charge in [-0.1, -0.05) is 66.5 Å². The van der Waals surface area contributed by atoms with Crippen LogP contribution in [-0.2, 0) is 10.5 Å². The number of carbonyl (C=O) groups excluding carboxylic acids is 1. The third-order valence-electron chi connectivity index (χ3n) is 3.49. The van der Waals surface area contributed by atoms with Gasteiger partial charge in [-0.2, -0.15) is 0 Å². The molecule has 0 aromatic heterocycles. The van der Waals surface area contributed by atoms with E-state index in [-0.39, 0.29) is 11.9 Å². The predicted octanol–water partition coefficient (Wildman–Crippen LogP) is 5.49. The molecule has 0 radical (unpaired) electrons. The van der Waals surface area contributed by atoms with Crippen LogP contribution >= 0.6 is 35.0 Å². The summed E-state index contributed by atoms with van der Waals surface area (Å²) in [6.45, 7) is 2.06. The largest absolute Gasteiger partial charge is 0.349 e. The molecule has 2 aromatic rings. The van der Waals surface area contributed by atoms with Gasteiger partial charge < -0.3 is 5.32 Å². The van der Waals surface area contributed by atoms with E-state index in [1.807, 2.05) is 48.5 Å². The number of halogens is 2. The van der Waals surface area contributed by atoms with Gasteiger partial charge in [-0.05, 0) is 29.7 Å². The van der Waals surface area contributed by atoms with Gasteiger partial charge in [0.25, 0.3) is 0 Å². The first-order chi connectivity index (χ1) is 11.1. The van der Waals surface area contributed by atoms with Crippen LogP contribution in [0.2, 0.25) is 10.0 Å². The highest BCUT2D eigenvalue weighted by Crippen LogP contribution is 2.28. The number of amides is 1. The fourth-order valence-corrected chi connectivity index (χ4v) is 3.83. The van der Waals surface area contributed by atoms with Crippen molar-refractivity contribution >= 4 is 40.9 Å². The summed E-state index contributed by atoms with van der Waals surface area (Å²) in [5, 5.41) is 4.35. The van der Waals surface area contributed by atoms with Crippen LogP contribution in [0.1, 0.15) is 30.5 Å². The second-order valence-electron chi connectivity index (χ2n) is 5.13. The summed E-state index contributed by atoms with van der Waals surface area (Å²) in [4.78, 5) is 12.1. The Morgan fingerprint density at radius 1 is 1.09 bits per heavy atom. The first-order valence-electron chi connectivity index (χ1n) is 7.46. The van der Waals surface area contributed by atoms with Gasteiger partial charge in [0, 0.05) is 15.8 Å². The van der Waals surface area contributed by atoms with Gasteiger partial charge in [0.05, 0.1) is 11.8 Å². The molecule has 23 heavy (non-hydrogen) atoms. The Morgan fingerprint density at radius 2 is 1.74 bits per heavy atom. The Labute approximate surface area is 151 Å². The SMILES string of the molecule is CC[C@@H](NC(=O)CSCc1c(Cl)cccc1Cl)c1ccccc1. The lowest BCUT2D eigenvalue weighted by atomic mass is 10.0. The molecule has 0 heterocycles. The van der Waals surface area contributed by atoms with Gasteiger partial charge in [0.1, 0.15) is 0 Å². The molecule has 0 saturated heterocycles. The van der Waals surface area contributed by atoms with Crippen LogP contribution in [0.4, 0.5) is 0 Å². The maximum atomic E-state index is 12.1. The lowest BCUT2D eigenvalue weighted by Gasteiger charge is -2.17. The highest BCUT2D eigenvalue weighted by Gasteiger charge is 2.13. The fourth-order valence-electron chi connectivity index (χ4n) is 2.26. The summed E-state index contributed by atoms with van der Waals surface area (Å²) >= 11 is 13.8. The van der Waals surface area contributed by atoms with E-state index in [0.29, 0.717) is 21.6 Å². The number of hydrogen-bond donors (Lipinski definition) is 1. The van der Waals surface area contributed by atoms with Gasteiger partial charge in [-0.25, -0.2) is 0 Å². The number of nitrogens with one attached hydrogen (secondary N) is 1. The number of thioether (sulfide) groups is 1. The molecule has 2 nitrogen and oxygen atoms in total. The van der Waals surface area contributed by atoms with Crippen molar-refractivity contribution in [1.82, 2.24) is 5.32 Å². The van der Waals surface area contributed by atoms with Crippen LogP contribution in [0.3, 0.4) is 0 Å². The van der Waals surface area contributed by atoms with Crippen molar-refractivity contribution in [2.75, 3.05) is 5.75 Å². The Hall–Kier alpha value is -1.16. The summed E-state index contributed by atoms with van der Waals surface area (Å²) in [5.41, 5.74) is 2.01. The molecule has 5 heteroatoms. The van der Waals surface area contributed by atoms with Gasteiger partial charge in [0.15, 0.2) is 0 Å². The van der Waals surface area contributed by atoms with Gasteiger partial charge in [0.2, 0.25) is 5.91 Å². The van der Waals surface area contributed by atoms with Gasteiger partial charge in [-0.3, -0.25) is 4.79 Å². The smallest absolute Gasteiger partial charge is 0.230 e. The molecule has 2 aromatic carbocycles. The van der Waals surface area contributed by atoms with Gasteiger partial charge >= 0.3 is 0 Å². The topological polar surface area (TPSA) is 29.1 Å². The first-order valence-corrected chi connectivity index (χ1v) is 9.37. The van der Waals surface area contributed by atoms with E-state index in [0.717, 1.165) is 17.5 Å². The average Bonchev–Trinajstić information content (AvgIpc) is 2.56. The van der Waals surface area contributed by atoms with E-state index in [9.17, 15) is 4.79 Å². The molecular weight excluding hydrogens is 349 g/mol. The zero-order valence-electron chi connectivity index (χ0n) is 12.9. The Kier molecular flexibility index (Phi) is 7.28. The summed E-state index contributed by atoms with van der Waals surface area (Å²) in [5.74, 6) is 1.02. The van der Waals surface area contributed by atoms with Crippen molar-refractivity contribution < 1.29 is 4.79 Å². The molecule has 0 spiro atoms. The summed E-state index contributed by atoms with van der Waals surface area (Å²) in [6, 6.07) is 15.5. The maximum absolute atomic E-state index is 12.1. The third kappa shape index (κ3) is 5.45. The van der Waals surface area contributed by atoms with Crippen molar-refractivity contribution in [3.63, 3.8) is 0 Å². The van der Waals surface area contributed by atoms with E-state index in [1.54, 1.807) is 0 Å². The molecule has 0 aliphatic rings. The van der Waals surface area contributed by atoms with E-state index < -0.39 is 0 Å². The van der Waals surface area contributed by atoms with E-state index in [2.05, 4.69) is 12.2 Å². The Bertz CT molecular complexity index is 628. The highest BCUT2D eigenvalue weighted by atomic mass is 35.5. The third-order valence-corrected chi connectivity index (χ3v) is 5.15. The van der Waals surface area contributed by atoms with Crippen molar-refractivity contribution in [3.05, 3.63) is 69.7 Å². The van der Waals surface area contributed by atoms with Crippen LogP contribution in [0.15, 0.2) is 48.5 Å². The zero-order valence-corrected chi connectivity index (χ0v) is 15.2. The van der Waals surface area contributed by atoms with Crippen molar-refractivity contribution in [1.29, 1.82) is 0 Å². The summed E-state index contributed by atoms with van der Waals surface area (Å²) < 4.78 is 0. The van der Waals surface area contributed by atoms with Crippen molar-refractivity contribution in [3.8, 4) is 0 Å². The molecule has 0 bridgehead atoms. The molecule has 0 unspecified atom stereocenters. The summed E-state index contributed by atoms with van der Waals surface area (Å²) in [7, 11) is 0. The molecule has 122 valence electrons. The second kappa shape index (κ2) is 9.21.